The minimum absolute atomic E-state index is 0.679. The zero-order valence-corrected chi connectivity index (χ0v) is 10.6. The predicted octanol–water partition coefficient (Wildman–Crippen LogP) is 3.55. The first-order valence-electron chi connectivity index (χ1n) is 5.66. The number of anilines is 1. The lowest BCUT2D eigenvalue weighted by atomic mass is 10.1. The van der Waals surface area contributed by atoms with Gasteiger partial charge in [0.05, 0.1) is 16.4 Å². The highest BCUT2D eigenvalue weighted by molar-refractivity contribution is 6.33. The maximum absolute atomic E-state index is 6.26. The summed E-state index contributed by atoms with van der Waals surface area (Å²) in [5.41, 5.74) is 10.3. The number of imidazole rings is 1. The van der Waals surface area contributed by atoms with Crippen molar-refractivity contribution < 1.29 is 0 Å². The summed E-state index contributed by atoms with van der Waals surface area (Å²) in [4.78, 5) is 4.52. The summed E-state index contributed by atoms with van der Waals surface area (Å²) < 4.78 is 2.02. The van der Waals surface area contributed by atoms with Crippen molar-refractivity contribution in [3.63, 3.8) is 0 Å². The van der Waals surface area contributed by atoms with Crippen molar-refractivity contribution in [3.8, 4) is 11.3 Å². The first-order chi connectivity index (χ1) is 8.66. The summed E-state index contributed by atoms with van der Waals surface area (Å²) in [5.74, 6) is 0. The molecule has 3 aromatic rings. The molecule has 0 aliphatic rings. The monoisotopic (exact) mass is 257 g/mol. The van der Waals surface area contributed by atoms with Crippen LogP contribution >= 0.6 is 11.6 Å². The zero-order chi connectivity index (χ0) is 12.7. The van der Waals surface area contributed by atoms with E-state index in [1.54, 1.807) is 6.07 Å². The molecule has 2 aromatic heterocycles. The van der Waals surface area contributed by atoms with Gasteiger partial charge in [-0.1, -0.05) is 17.7 Å². The Balaban J connectivity index is 2.37. The van der Waals surface area contributed by atoms with Crippen molar-refractivity contribution in [2.45, 2.75) is 6.92 Å². The number of nitrogens with two attached hydrogens (primary N) is 1. The summed E-state index contributed by atoms with van der Waals surface area (Å²) in [6.45, 7) is 1.97. The van der Waals surface area contributed by atoms with Gasteiger partial charge in [0.25, 0.3) is 0 Å². The number of nitrogen functional groups attached to an aromatic ring is 1. The molecule has 0 aliphatic heterocycles. The highest BCUT2D eigenvalue weighted by atomic mass is 35.5. The number of hydrogen-bond donors (Lipinski definition) is 1. The molecular formula is C14H12ClN3. The number of pyridine rings is 1. The number of aromatic nitrogens is 2. The molecular weight excluding hydrogens is 246 g/mol. The Morgan fingerprint density at radius 1 is 1.22 bits per heavy atom. The Morgan fingerprint density at radius 2 is 2.06 bits per heavy atom. The van der Waals surface area contributed by atoms with Gasteiger partial charge in [-0.25, -0.2) is 4.98 Å². The molecule has 0 aliphatic carbocycles. The van der Waals surface area contributed by atoms with Gasteiger partial charge in [0.2, 0.25) is 0 Å². The van der Waals surface area contributed by atoms with Gasteiger partial charge in [-0.3, -0.25) is 4.40 Å². The van der Waals surface area contributed by atoms with Crippen LogP contribution in [0, 0.1) is 6.92 Å². The van der Waals surface area contributed by atoms with Crippen molar-refractivity contribution in [1.29, 1.82) is 0 Å². The van der Waals surface area contributed by atoms with Crippen LogP contribution in [0.3, 0.4) is 0 Å². The summed E-state index contributed by atoms with van der Waals surface area (Å²) in [7, 11) is 0. The van der Waals surface area contributed by atoms with E-state index in [1.165, 1.54) is 0 Å². The lowest BCUT2D eigenvalue weighted by Gasteiger charge is -2.06. The van der Waals surface area contributed by atoms with Gasteiger partial charge in [-0.2, -0.15) is 0 Å². The second-order valence-electron chi connectivity index (χ2n) is 4.21. The number of fused-ring (bicyclic) bond motifs is 1. The van der Waals surface area contributed by atoms with Crippen molar-refractivity contribution in [2.24, 2.45) is 0 Å². The second kappa shape index (κ2) is 4.03. The van der Waals surface area contributed by atoms with E-state index in [0.717, 1.165) is 22.6 Å². The lowest BCUT2D eigenvalue weighted by Crippen LogP contribution is -1.92. The Morgan fingerprint density at radius 3 is 2.89 bits per heavy atom. The van der Waals surface area contributed by atoms with Gasteiger partial charge in [0, 0.05) is 17.4 Å². The third kappa shape index (κ3) is 1.64. The molecule has 4 heteroatoms. The van der Waals surface area contributed by atoms with Gasteiger partial charge >= 0.3 is 0 Å². The molecule has 0 atom stereocenters. The fourth-order valence-electron chi connectivity index (χ4n) is 2.16. The Labute approximate surface area is 110 Å². The number of nitrogens with zero attached hydrogens (tertiary/aromatic N) is 2. The summed E-state index contributed by atoms with van der Waals surface area (Å²) in [6.07, 6.45) is 1.98. The van der Waals surface area contributed by atoms with Crippen LogP contribution in [-0.4, -0.2) is 9.38 Å². The summed E-state index contributed by atoms with van der Waals surface area (Å²) in [6, 6.07) is 11.4. The average molecular weight is 258 g/mol. The summed E-state index contributed by atoms with van der Waals surface area (Å²) in [5, 5.41) is 0.679. The van der Waals surface area contributed by atoms with E-state index in [1.807, 2.05) is 47.9 Å². The minimum atomic E-state index is 0.679. The number of rotatable bonds is 1. The van der Waals surface area contributed by atoms with Crippen molar-refractivity contribution >= 4 is 22.9 Å². The van der Waals surface area contributed by atoms with Gasteiger partial charge in [0.1, 0.15) is 5.65 Å². The highest BCUT2D eigenvalue weighted by Crippen LogP contribution is 2.32. The Kier molecular flexibility index (Phi) is 2.49. The van der Waals surface area contributed by atoms with Crippen LogP contribution in [-0.2, 0) is 0 Å². The molecule has 18 heavy (non-hydrogen) atoms. The lowest BCUT2D eigenvalue weighted by molar-refractivity contribution is 1.19. The van der Waals surface area contributed by atoms with E-state index in [-0.39, 0.29) is 0 Å². The quantitative estimate of drug-likeness (QED) is 0.678. The molecule has 2 heterocycles. The molecule has 0 saturated heterocycles. The SMILES string of the molecule is Cc1nc2ccccn2c1-c1cc(N)ccc1Cl. The van der Waals surface area contributed by atoms with E-state index in [2.05, 4.69) is 4.98 Å². The van der Waals surface area contributed by atoms with Crippen LogP contribution in [0.5, 0.6) is 0 Å². The molecule has 0 fully saturated rings. The van der Waals surface area contributed by atoms with Gasteiger partial charge in [0.15, 0.2) is 0 Å². The van der Waals surface area contributed by atoms with E-state index in [4.69, 9.17) is 17.3 Å². The van der Waals surface area contributed by atoms with Crippen molar-refractivity contribution in [3.05, 3.63) is 53.3 Å². The van der Waals surface area contributed by atoms with E-state index >= 15 is 0 Å². The second-order valence-corrected chi connectivity index (χ2v) is 4.62. The largest absolute Gasteiger partial charge is 0.399 e. The Hall–Kier alpha value is -2.00. The summed E-state index contributed by atoms with van der Waals surface area (Å²) >= 11 is 6.26. The molecule has 2 N–H and O–H groups in total. The normalized spacial score (nSPS) is 11.0. The fraction of sp³-hybridized carbons (Fsp3) is 0.0714. The molecule has 3 nitrogen and oxygen atoms in total. The van der Waals surface area contributed by atoms with Crippen LogP contribution in [0.15, 0.2) is 42.6 Å². The molecule has 0 unspecified atom stereocenters. The fourth-order valence-corrected chi connectivity index (χ4v) is 2.37. The Bertz CT molecular complexity index is 731. The molecule has 0 saturated carbocycles. The number of hydrogen-bond acceptors (Lipinski definition) is 2. The molecule has 90 valence electrons. The van der Waals surface area contributed by atoms with Gasteiger partial charge < -0.3 is 5.73 Å². The maximum Gasteiger partial charge on any atom is 0.137 e. The topological polar surface area (TPSA) is 43.3 Å². The molecule has 0 spiro atoms. The van der Waals surface area contributed by atoms with Crippen LogP contribution in [0.2, 0.25) is 5.02 Å². The minimum Gasteiger partial charge on any atom is -0.399 e. The molecule has 0 amide bonds. The average Bonchev–Trinajstić information content (AvgIpc) is 2.68. The zero-order valence-electron chi connectivity index (χ0n) is 9.89. The van der Waals surface area contributed by atoms with Crippen LogP contribution in [0.1, 0.15) is 5.69 Å². The smallest absolute Gasteiger partial charge is 0.137 e. The maximum atomic E-state index is 6.26. The standard InChI is InChI=1S/C14H12ClN3/c1-9-14(11-8-10(16)5-6-12(11)15)18-7-3-2-4-13(18)17-9/h2-8H,16H2,1H3. The highest BCUT2D eigenvalue weighted by Gasteiger charge is 2.13. The number of aryl methyl sites for hydroxylation is 1. The van der Waals surface area contributed by atoms with Gasteiger partial charge in [-0.05, 0) is 37.3 Å². The third-order valence-corrected chi connectivity index (χ3v) is 3.28. The van der Waals surface area contributed by atoms with Crippen molar-refractivity contribution in [1.82, 2.24) is 9.38 Å². The number of benzene rings is 1. The predicted molar refractivity (Wildman–Crippen MR) is 74.8 cm³/mol. The number of halogens is 1. The third-order valence-electron chi connectivity index (χ3n) is 2.95. The van der Waals surface area contributed by atoms with E-state index in [9.17, 15) is 0 Å². The van der Waals surface area contributed by atoms with Crippen molar-refractivity contribution in [2.75, 3.05) is 5.73 Å². The van der Waals surface area contributed by atoms with Crippen LogP contribution < -0.4 is 5.73 Å². The van der Waals surface area contributed by atoms with E-state index in [0.29, 0.717) is 10.7 Å². The van der Waals surface area contributed by atoms with Crippen LogP contribution in [0.25, 0.3) is 16.9 Å². The molecule has 0 bridgehead atoms. The molecule has 0 radical (unpaired) electrons. The van der Waals surface area contributed by atoms with Crippen LogP contribution in [0.4, 0.5) is 5.69 Å². The van der Waals surface area contributed by atoms with Gasteiger partial charge in [-0.15, -0.1) is 0 Å². The first kappa shape index (κ1) is 11.1. The first-order valence-corrected chi connectivity index (χ1v) is 6.03. The molecule has 3 rings (SSSR count). The molecule has 1 aromatic carbocycles. The van der Waals surface area contributed by atoms with E-state index < -0.39 is 0 Å².